The molecular weight excluding hydrogens is 294 g/mol. The zero-order chi connectivity index (χ0) is 16.4. The highest BCUT2D eigenvalue weighted by Gasteiger charge is 2.06. The Morgan fingerprint density at radius 2 is 1.33 bits per heavy atom. The second kappa shape index (κ2) is 6.17. The number of benzene rings is 4. The maximum atomic E-state index is 9.86. The van der Waals surface area contributed by atoms with E-state index in [1.54, 1.807) is 12.3 Å². The van der Waals surface area contributed by atoms with E-state index >= 15 is 0 Å². The number of fused-ring (bicyclic) bond motifs is 2. The number of hydrogen-bond donors (Lipinski definition) is 1. The third-order valence-corrected chi connectivity index (χ3v) is 4.30. The molecule has 0 atom stereocenters. The summed E-state index contributed by atoms with van der Waals surface area (Å²) in [6, 6.07) is 26.3. The Balaban J connectivity index is 1.81. The third kappa shape index (κ3) is 2.63. The van der Waals surface area contributed by atoms with Gasteiger partial charge in [-0.25, -0.2) is 0 Å². The van der Waals surface area contributed by atoms with Gasteiger partial charge in [0.15, 0.2) is 0 Å². The summed E-state index contributed by atoms with van der Waals surface area (Å²) < 4.78 is 0. The third-order valence-electron chi connectivity index (χ3n) is 4.30. The molecule has 116 valence electrons. The van der Waals surface area contributed by atoms with Crippen molar-refractivity contribution in [1.82, 2.24) is 0 Å². The van der Waals surface area contributed by atoms with Crippen molar-refractivity contribution in [1.29, 1.82) is 0 Å². The number of para-hydroxylation sites is 1. The lowest BCUT2D eigenvalue weighted by Crippen LogP contribution is -1.90. The first-order valence-electron chi connectivity index (χ1n) is 8.00. The maximum absolute atomic E-state index is 9.86. The van der Waals surface area contributed by atoms with Gasteiger partial charge in [-0.3, -0.25) is 4.99 Å². The van der Waals surface area contributed by atoms with Crippen LogP contribution in [0.2, 0.25) is 0 Å². The van der Waals surface area contributed by atoms with Gasteiger partial charge in [0.25, 0.3) is 0 Å². The van der Waals surface area contributed by atoms with Crippen LogP contribution in [0.4, 0.5) is 0 Å². The molecule has 0 spiro atoms. The minimum Gasteiger partial charge on any atom is -0.507 e. The van der Waals surface area contributed by atoms with Crippen LogP contribution < -0.4 is 0 Å². The number of nitrogens with zero attached hydrogens (tertiary/aromatic N) is 1. The molecule has 1 N–H and O–H groups in total. The Bertz CT molecular complexity index is 996. The Kier molecular flexibility index (Phi) is 3.72. The van der Waals surface area contributed by atoms with Gasteiger partial charge in [0, 0.05) is 11.8 Å². The highest BCUT2D eigenvalue weighted by molar-refractivity contribution is 6.02. The molecule has 4 rings (SSSR count). The van der Waals surface area contributed by atoms with E-state index in [2.05, 4.69) is 59.6 Å². The van der Waals surface area contributed by atoms with Crippen molar-refractivity contribution in [2.24, 2.45) is 4.99 Å². The van der Waals surface area contributed by atoms with E-state index in [9.17, 15) is 5.11 Å². The summed E-state index contributed by atoms with van der Waals surface area (Å²) in [7, 11) is 0. The topological polar surface area (TPSA) is 32.6 Å². The molecule has 24 heavy (non-hydrogen) atoms. The highest BCUT2D eigenvalue weighted by Crippen LogP contribution is 2.29. The van der Waals surface area contributed by atoms with Crippen LogP contribution in [0.5, 0.6) is 5.75 Å². The fourth-order valence-electron chi connectivity index (χ4n) is 3.11. The normalized spacial score (nSPS) is 11.5. The number of rotatable bonds is 3. The van der Waals surface area contributed by atoms with Gasteiger partial charge in [-0.1, -0.05) is 60.7 Å². The van der Waals surface area contributed by atoms with Crippen molar-refractivity contribution in [2.75, 3.05) is 0 Å². The van der Waals surface area contributed by atoms with Crippen molar-refractivity contribution < 1.29 is 5.11 Å². The smallest absolute Gasteiger partial charge is 0.124 e. The summed E-state index contributed by atoms with van der Waals surface area (Å²) in [6.45, 7) is 0.580. The molecule has 0 unspecified atom stereocenters. The molecule has 0 aliphatic heterocycles. The van der Waals surface area contributed by atoms with Gasteiger partial charge in [-0.15, -0.1) is 0 Å². The van der Waals surface area contributed by atoms with Crippen LogP contribution >= 0.6 is 0 Å². The molecule has 0 heterocycles. The minimum atomic E-state index is 0.254. The molecule has 0 fully saturated rings. The Hall–Kier alpha value is -3.13. The molecule has 0 aliphatic carbocycles. The van der Waals surface area contributed by atoms with Gasteiger partial charge < -0.3 is 5.11 Å². The van der Waals surface area contributed by atoms with Gasteiger partial charge in [-0.2, -0.15) is 0 Å². The lowest BCUT2D eigenvalue weighted by molar-refractivity contribution is 0.474. The number of aromatic hydroxyl groups is 1. The molecule has 0 bridgehead atoms. The minimum absolute atomic E-state index is 0.254. The highest BCUT2D eigenvalue weighted by atomic mass is 16.3. The summed E-state index contributed by atoms with van der Waals surface area (Å²) in [5.41, 5.74) is 1.96. The van der Waals surface area contributed by atoms with Gasteiger partial charge in [0.2, 0.25) is 0 Å². The van der Waals surface area contributed by atoms with Crippen LogP contribution in [0.1, 0.15) is 11.1 Å². The van der Waals surface area contributed by atoms with E-state index in [4.69, 9.17) is 0 Å². The van der Waals surface area contributed by atoms with Crippen molar-refractivity contribution >= 4 is 27.8 Å². The Morgan fingerprint density at radius 3 is 2.00 bits per heavy atom. The van der Waals surface area contributed by atoms with E-state index in [1.165, 1.54) is 27.1 Å². The molecular formula is C22H17NO. The molecule has 0 saturated heterocycles. The summed E-state index contributed by atoms with van der Waals surface area (Å²) in [4.78, 5) is 4.59. The van der Waals surface area contributed by atoms with Crippen LogP contribution in [0.15, 0.2) is 83.9 Å². The van der Waals surface area contributed by atoms with Crippen molar-refractivity contribution in [3.05, 3.63) is 90.0 Å². The average Bonchev–Trinajstić information content (AvgIpc) is 2.62. The molecule has 0 saturated carbocycles. The van der Waals surface area contributed by atoms with E-state index in [0.29, 0.717) is 6.54 Å². The Labute approximate surface area is 140 Å². The quantitative estimate of drug-likeness (QED) is 0.403. The first-order valence-corrected chi connectivity index (χ1v) is 8.00. The number of aliphatic imine (C=N–C) groups is 1. The zero-order valence-electron chi connectivity index (χ0n) is 13.2. The number of hydrogen-bond acceptors (Lipinski definition) is 2. The van der Waals surface area contributed by atoms with Crippen LogP contribution in [-0.2, 0) is 6.54 Å². The van der Waals surface area contributed by atoms with E-state index in [1.807, 2.05) is 18.2 Å². The zero-order valence-corrected chi connectivity index (χ0v) is 13.2. The van der Waals surface area contributed by atoms with Crippen molar-refractivity contribution in [3.8, 4) is 5.75 Å². The summed E-state index contributed by atoms with van der Waals surface area (Å²) in [6.07, 6.45) is 1.74. The lowest BCUT2D eigenvalue weighted by Gasteiger charge is -2.09. The molecule has 0 radical (unpaired) electrons. The molecule has 4 aromatic rings. The molecule has 0 aromatic heterocycles. The molecule has 2 nitrogen and oxygen atoms in total. The molecule has 4 aromatic carbocycles. The molecule has 2 heteroatoms. The van der Waals surface area contributed by atoms with E-state index in [-0.39, 0.29) is 5.75 Å². The number of phenols is 1. The molecule has 0 amide bonds. The second-order valence-corrected chi connectivity index (χ2v) is 5.83. The van der Waals surface area contributed by atoms with Gasteiger partial charge in [0.05, 0.1) is 6.54 Å². The summed E-state index contributed by atoms with van der Waals surface area (Å²) in [5, 5.41) is 14.8. The predicted molar refractivity (Wildman–Crippen MR) is 101 cm³/mol. The van der Waals surface area contributed by atoms with E-state index < -0.39 is 0 Å². The monoisotopic (exact) mass is 311 g/mol. The second-order valence-electron chi connectivity index (χ2n) is 5.83. The Morgan fingerprint density at radius 1 is 0.750 bits per heavy atom. The SMILES string of the molecule is Oc1ccccc1C=NCc1c2ccccc2cc2ccccc12. The summed E-state index contributed by atoms with van der Waals surface area (Å²) in [5.74, 6) is 0.254. The fraction of sp³-hybridized carbons (Fsp3) is 0.0455. The maximum Gasteiger partial charge on any atom is 0.124 e. The van der Waals surface area contributed by atoms with Crippen molar-refractivity contribution in [3.63, 3.8) is 0 Å². The van der Waals surface area contributed by atoms with Crippen LogP contribution in [0, 0.1) is 0 Å². The average molecular weight is 311 g/mol. The van der Waals surface area contributed by atoms with Gasteiger partial charge >= 0.3 is 0 Å². The van der Waals surface area contributed by atoms with Gasteiger partial charge in [-0.05, 0) is 45.3 Å². The van der Waals surface area contributed by atoms with Gasteiger partial charge in [0.1, 0.15) is 5.75 Å². The standard InChI is InChI=1S/C22H17NO/c24-22-12-6-3-9-18(22)14-23-15-21-19-10-4-1-7-16(19)13-17-8-2-5-11-20(17)21/h1-14,24H,15H2. The van der Waals surface area contributed by atoms with E-state index in [0.717, 1.165) is 5.56 Å². The largest absolute Gasteiger partial charge is 0.507 e. The first kappa shape index (κ1) is 14.5. The fourth-order valence-corrected chi connectivity index (χ4v) is 3.11. The van der Waals surface area contributed by atoms with Crippen molar-refractivity contribution in [2.45, 2.75) is 6.54 Å². The van der Waals surface area contributed by atoms with Crippen LogP contribution in [0.3, 0.4) is 0 Å². The predicted octanol–water partition coefficient (Wildman–Crippen LogP) is 5.32. The lowest BCUT2D eigenvalue weighted by atomic mass is 9.97. The summed E-state index contributed by atoms with van der Waals surface area (Å²) >= 11 is 0. The van der Waals surface area contributed by atoms with Crippen LogP contribution in [-0.4, -0.2) is 11.3 Å². The number of phenolic OH excluding ortho intramolecular Hbond substituents is 1. The molecule has 0 aliphatic rings. The van der Waals surface area contributed by atoms with Crippen LogP contribution in [0.25, 0.3) is 21.5 Å². The first-order chi connectivity index (χ1) is 11.8.